The molecule has 8 heteroatoms. The molecule has 0 unspecified atom stereocenters. The number of rotatable bonds is 3. The van der Waals surface area contributed by atoms with Crippen LogP contribution in [0.4, 0.5) is 5.69 Å². The third kappa shape index (κ3) is 3.10. The fourth-order valence-corrected chi connectivity index (χ4v) is 4.28. The van der Waals surface area contributed by atoms with E-state index in [2.05, 4.69) is 4.72 Å². The molecule has 0 saturated carbocycles. The summed E-state index contributed by atoms with van der Waals surface area (Å²) in [7, 11) is -3.67. The van der Waals surface area contributed by atoms with E-state index in [0.29, 0.717) is 9.36 Å². The average Bonchev–Trinajstić information content (AvgIpc) is 2.70. The molecule has 2 aromatic rings. The van der Waals surface area contributed by atoms with Crippen LogP contribution in [0.2, 0.25) is 14.4 Å². The van der Waals surface area contributed by atoms with Gasteiger partial charge >= 0.3 is 0 Å². The maximum atomic E-state index is 12.0. The van der Waals surface area contributed by atoms with Gasteiger partial charge in [-0.05, 0) is 30.3 Å². The van der Waals surface area contributed by atoms with Crippen molar-refractivity contribution in [1.29, 1.82) is 0 Å². The summed E-state index contributed by atoms with van der Waals surface area (Å²) in [5, 5.41) is 0.663. The van der Waals surface area contributed by atoms with Crippen LogP contribution in [-0.4, -0.2) is 8.42 Å². The van der Waals surface area contributed by atoms with Crippen molar-refractivity contribution in [3.05, 3.63) is 44.7 Å². The minimum Gasteiger partial charge on any atom is -0.277 e. The number of halogens is 3. The second-order valence-electron chi connectivity index (χ2n) is 3.29. The summed E-state index contributed by atoms with van der Waals surface area (Å²) in [5.41, 5.74) is 0.269. The second-order valence-corrected chi connectivity index (χ2v) is 7.76. The van der Waals surface area contributed by atoms with Crippen LogP contribution in [0.3, 0.4) is 0 Å². The van der Waals surface area contributed by atoms with E-state index in [4.69, 9.17) is 34.8 Å². The molecule has 0 bridgehead atoms. The SMILES string of the molecule is O=S(=O)(Nc1ccc(Cl)cc1Cl)c1ccc(Cl)s1. The predicted molar refractivity (Wildman–Crippen MR) is 76.6 cm³/mol. The Morgan fingerprint density at radius 3 is 2.33 bits per heavy atom. The number of hydrogen-bond donors (Lipinski definition) is 1. The Labute approximate surface area is 123 Å². The van der Waals surface area contributed by atoms with E-state index in [1.54, 1.807) is 6.07 Å². The molecule has 0 aliphatic heterocycles. The predicted octanol–water partition coefficient (Wildman–Crippen LogP) is 4.51. The Morgan fingerprint density at radius 2 is 1.78 bits per heavy atom. The van der Waals surface area contributed by atoms with Crippen molar-refractivity contribution >= 4 is 61.9 Å². The number of thiophene rings is 1. The smallest absolute Gasteiger partial charge is 0.271 e. The summed E-state index contributed by atoms with van der Waals surface area (Å²) in [6.07, 6.45) is 0. The van der Waals surface area contributed by atoms with Gasteiger partial charge in [-0.2, -0.15) is 0 Å². The van der Waals surface area contributed by atoms with Gasteiger partial charge in [0.15, 0.2) is 0 Å². The molecule has 0 saturated heterocycles. The normalized spacial score (nSPS) is 11.5. The quantitative estimate of drug-likeness (QED) is 0.892. The summed E-state index contributed by atoms with van der Waals surface area (Å²) in [5.74, 6) is 0. The van der Waals surface area contributed by atoms with Crippen molar-refractivity contribution in [2.24, 2.45) is 0 Å². The zero-order chi connectivity index (χ0) is 13.3. The highest BCUT2D eigenvalue weighted by Gasteiger charge is 2.18. The van der Waals surface area contributed by atoms with Gasteiger partial charge in [-0.25, -0.2) is 8.42 Å². The van der Waals surface area contributed by atoms with Gasteiger partial charge in [0.25, 0.3) is 10.0 Å². The van der Waals surface area contributed by atoms with Gasteiger partial charge in [-0.15, -0.1) is 11.3 Å². The monoisotopic (exact) mass is 341 g/mol. The van der Waals surface area contributed by atoms with E-state index >= 15 is 0 Å². The molecule has 2 rings (SSSR count). The Morgan fingerprint density at radius 1 is 1.06 bits per heavy atom. The van der Waals surface area contributed by atoms with Gasteiger partial charge in [-0.3, -0.25) is 4.72 Å². The van der Waals surface area contributed by atoms with Gasteiger partial charge in [-0.1, -0.05) is 34.8 Å². The summed E-state index contributed by atoms with van der Waals surface area (Å²) in [6, 6.07) is 7.45. The number of hydrogen-bond acceptors (Lipinski definition) is 3. The van der Waals surface area contributed by atoms with Crippen LogP contribution in [0, 0.1) is 0 Å². The summed E-state index contributed by atoms with van der Waals surface area (Å²) in [4.78, 5) is 0. The van der Waals surface area contributed by atoms with Crippen LogP contribution in [0.1, 0.15) is 0 Å². The highest BCUT2D eigenvalue weighted by Crippen LogP contribution is 2.30. The van der Waals surface area contributed by atoms with Gasteiger partial charge < -0.3 is 0 Å². The molecule has 3 nitrogen and oxygen atoms in total. The Kier molecular flexibility index (Phi) is 4.08. The first-order valence-electron chi connectivity index (χ1n) is 4.62. The molecule has 0 fully saturated rings. The van der Waals surface area contributed by atoms with E-state index < -0.39 is 10.0 Å². The lowest BCUT2D eigenvalue weighted by molar-refractivity contribution is 0.603. The Hall–Kier alpha value is -0.460. The molecule has 96 valence electrons. The van der Waals surface area contributed by atoms with Crippen LogP contribution >= 0.6 is 46.1 Å². The fraction of sp³-hybridized carbons (Fsp3) is 0. The van der Waals surface area contributed by atoms with E-state index in [1.165, 1.54) is 24.3 Å². The summed E-state index contributed by atoms with van der Waals surface area (Å²) in [6.45, 7) is 0. The Bertz CT molecular complexity index is 682. The zero-order valence-electron chi connectivity index (χ0n) is 8.65. The number of benzene rings is 1. The van der Waals surface area contributed by atoms with Crippen LogP contribution in [0.15, 0.2) is 34.5 Å². The molecule has 0 aliphatic carbocycles. The molecular formula is C10H6Cl3NO2S2. The zero-order valence-corrected chi connectivity index (χ0v) is 12.6. The summed E-state index contributed by atoms with van der Waals surface area (Å²) >= 11 is 18.3. The Balaban J connectivity index is 2.33. The van der Waals surface area contributed by atoms with Gasteiger partial charge in [0.05, 0.1) is 15.0 Å². The first-order valence-corrected chi connectivity index (χ1v) is 8.05. The topological polar surface area (TPSA) is 46.2 Å². The molecule has 1 N–H and O–H groups in total. The molecule has 0 atom stereocenters. The van der Waals surface area contributed by atoms with Crippen LogP contribution in [0.25, 0.3) is 0 Å². The van der Waals surface area contributed by atoms with Crippen molar-refractivity contribution in [3.63, 3.8) is 0 Å². The standard InChI is InChI=1S/C10H6Cl3NO2S2/c11-6-1-2-8(7(12)5-6)14-18(15,16)10-4-3-9(13)17-10/h1-5,14H. The van der Waals surface area contributed by atoms with Crippen molar-refractivity contribution in [1.82, 2.24) is 0 Å². The third-order valence-corrected chi connectivity index (χ3v) is 5.63. The largest absolute Gasteiger partial charge is 0.277 e. The van der Waals surface area contributed by atoms with Crippen LogP contribution in [-0.2, 0) is 10.0 Å². The molecule has 0 radical (unpaired) electrons. The lowest BCUT2D eigenvalue weighted by atomic mass is 10.3. The molecule has 1 aromatic carbocycles. The highest BCUT2D eigenvalue weighted by molar-refractivity contribution is 7.94. The van der Waals surface area contributed by atoms with Crippen molar-refractivity contribution in [2.75, 3.05) is 4.72 Å². The van der Waals surface area contributed by atoms with Crippen LogP contribution in [0.5, 0.6) is 0 Å². The number of nitrogens with one attached hydrogen (secondary N) is 1. The van der Waals surface area contributed by atoms with E-state index in [9.17, 15) is 8.42 Å². The van der Waals surface area contributed by atoms with Crippen LogP contribution < -0.4 is 4.72 Å². The van der Waals surface area contributed by atoms with E-state index in [-0.39, 0.29) is 14.9 Å². The molecule has 0 spiro atoms. The van der Waals surface area contributed by atoms with Crippen molar-refractivity contribution in [2.45, 2.75) is 4.21 Å². The lowest BCUT2D eigenvalue weighted by Crippen LogP contribution is -2.11. The molecule has 0 amide bonds. The summed E-state index contributed by atoms with van der Waals surface area (Å²) < 4.78 is 26.9. The van der Waals surface area contributed by atoms with E-state index in [1.807, 2.05) is 0 Å². The maximum absolute atomic E-state index is 12.0. The minimum absolute atomic E-state index is 0.124. The molecule has 0 aliphatic rings. The minimum atomic E-state index is -3.67. The first kappa shape index (κ1) is 14.0. The van der Waals surface area contributed by atoms with Crippen molar-refractivity contribution < 1.29 is 8.42 Å². The van der Waals surface area contributed by atoms with Crippen molar-refractivity contribution in [3.8, 4) is 0 Å². The number of sulfonamides is 1. The maximum Gasteiger partial charge on any atom is 0.271 e. The van der Waals surface area contributed by atoms with Gasteiger partial charge in [0.2, 0.25) is 0 Å². The molecule has 1 heterocycles. The third-order valence-electron chi connectivity index (χ3n) is 1.99. The number of anilines is 1. The van der Waals surface area contributed by atoms with Gasteiger partial charge in [0.1, 0.15) is 4.21 Å². The highest BCUT2D eigenvalue weighted by atomic mass is 35.5. The van der Waals surface area contributed by atoms with Gasteiger partial charge in [0, 0.05) is 5.02 Å². The molecule has 18 heavy (non-hydrogen) atoms. The molecule has 1 aromatic heterocycles. The lowest BCUT2D eigenvalue weighted by Gasteiger charge is -2.08. The van der Waals surface area contributed by atoms with E-state index in [0.717, 1.165) is 11.3 Å². The fourth-order valence-electron chi connectivity index (χ4n) is 1.21. The second kappa shape index (κ2) is 5.27. The molecular weight excluding hydrogens is 337 g/mol. The average molecular weight is 343 g/mol. The first-order chi connectivity index (χ1) is 8.38.